The Morgan fingerprint density at radius 3 is 2.31 bits per heavy atom. The molecule has 1 aromatic heterocycles. The lowest BCUT2D eigenvalue weighted by Gasteiger charge is -2.34. The Bertz CT molecular complexity index is 1090. The molecule has 1 saturated heterocycles. The van der Waals surface area contributed by atoms with Crippen LogP contribution in [-0.2, 0) is 0 Å². The number of aryl methyl sites for hydroxylation is 1. The summed E-state index contributed by atoms with van der Waals surface area (Å²) in [5.74, 6) is 1.06. The van der Waals surface area contributed by atoms with Crippen molar-refractivity contribution in [2.75, 3.05) is 31.7 Å². The lowest BCUT2D eigenvalue weighted by atomic mass is 9.91. The van der Waals surface area contributed by atoms with Gasteiger partial charge in [-0.3, -0.25) is 5.01 Å². The number of nitrogens with zero attached hydrogens (tertiary/aromatic N) is 4. The van der Waals surface area contributed by atoms with Crippen LogP contribution >= 0.6 is 0 Å². The fraction of sp³-hybridized carbons (Fsp3) is 0.406. The van der Waals surface area contributed by atoms with Gasteiger partial charge in [-0.1, -0.05) is 93.1 Å². The zero-order valence-electron chi connectivity index (χ0n) is 23.1. The molecule has 192 valence electrons. The molecule has 0 amide bonds. The summed E-state index contributed by atoms with van der Waals surface area (Å²) in [7, 11) is 2.08. The number of likely N-dealkylation sites (tertiary alicyclic amines) is 1. The monoisotopic (exact) mass is 484 g/mol. The highest BCUT2D eigenvalue weighted by molar-refractivity contribution is 5.60. The first-order valence-corrected chi connectivity index (χ1v) is 13.5. The van der Waals surface area contributed by atoms with Gasteiger partial charge in [0.05, 0.1) is 11.4 Å². The maximum absolute atomic E-state index is 5.02. The summed E-state index contributed by atoms with van der Waals surface area (Å²) in [5, 5.41) is 7.12. The molecule has 2 aromatic carbocycles. The van der Waals surface area contributed by atoms with Crippen LogP contribution in [0.2, 0.25) is 0 Å². The summed E-state index contributed by atoms with van der Waals surface area (Å²) in [5.41, 5.74) is 6.22. The van der Waals surface area contributed by atoms with Gasteiger partial charge in [-0.05, 0) is 63.4 Å². The fourth-order valence-electron chi connectivity index (χ4n) is 4.82. The molecule has 0 aliphatic carbocycles. The molecule has 0 spiro atoms. The number of hydrogen-bond acceptors (Lipinski definition) is 3. The molecule has 1 fully saturated rings. The van der Waals surface area contributed by atoms with Crippen LogP contribution in [0, 0.1) is 6.92 Å². The van der Waals surface area contributed by atoms with Gasteiger partial charge in [0.25, 0.3) is 0 Å². The second-order valence-corrected chi connectivity index (χ2v) is 9.54. The second-order valence-electron chi connectivity index (χ2n) is 9.54. The van der Waals surface area contributed by atoms with Crippen molar-refractivity contribution < 1.29 is 0 Å². The Kier molecular flexibility index (Phi) is 10.6. The molecule has 1 aliphatic heterocycles. The molecule has 1 aliphatic rings. The van der Waals surface area contributed by atoms with Gasteiger partial charge >= 0.3 is 0 Å². The molecule has 4 heteroatoms. The molecular weight excluding hydrogens is 440 g/mol. The lowest BCUT2D eigenvalue weighted by Crippen LogP contribution is -2.37. The van der Waals surface area contributed by atoms with Crippen molar-refractivity contribution in [1.29, 1.82) is 0 Å². The van der Waals surface area contributed by atoms with Gasteiger partial charge in [-0.15, -0.1) is 0 Å². The average Bonchev–Trinajstić information content (AvgIpc) is 3.37. The number of aromatic nitrogens is 2. The Balaban J connectivity index is 0.00000176. The highest BCUT2D eigenvalue weighted by atomic mass is 15.6. The van der Waals surface area contributed by atoms with E-state index < -0.39 is 0 Å². The smallest absolute Gasteiger partial charge is 0.0947 e. The predicted molar refractivity (Wildman–Crippen MR) is 155 cm³/mol. The highest BCUT2D eigenvalue weighted by Gasteiger charge is 2.26. The van der Waals surface area contributed by atoms with Crippen LogP contribution in [0.1, 0.15) is 69.2 Å². The Hall–Kier alpha value is -3.11. The molecule has 4 nitrogen and oxygen atoms in total. The minimum Gasteiger partial charge on any atom is -0.303 e. The summed E-state index contributed by atoms with van der Waals surface area (Å²) in [6.45, 7) is 13.9. The normalized spacial score (nSPS) is 15.7. The van der Waals surface area contributed by atoms with Crippen LogP contribution in [0.15, 0.2) is 85.1 Å². The van der Waals surface area contributed by atoms with Crippen LogP contribution in [0.5, 0.6) is 0 Å². The third-order valence-electron chi connectivity index (χ3n) is 6.88. The van der Waals surface area contributed by atoms with Crippen LogP contribution in [0.3, 0.4) is 0 Å². The van der Waals surface area contributed by atoms with Gasteiger partial charge in [0.15, 0.2) is 0 Å². The van der Waals surface area contributed by atoms with E-state index in [9.17, 15) is 0 Å². The molecule has 1 atom stereocenters. The molecule has 1 unspecified atom stereocenters. The Morgan fingerprint density at radius 1 is 1.00 bits per heavy atom. The molecule has 36 heavy (non-hydrogen) atoms. The first-order chi connectivity index (χ1) is 17.5. The van der Waals surface area contributed by atoms with E-state index in [0.29, 0.717) is 11.8 Å². The molecule has 0 bridgehead atoms. The number of rotatable bonds is 8. The van der Waals surface area contributed by atoms with E-state index in [-0.39, 0.29) is 0 Å². The largest absolute Gasteiger partial charge is 0.303 e. The number of benzene rings is 2. The second kappa shape index (κ2) is 13.8. The van der Waals surface area contributed by atoms with Crippen molar-refractivity contribution in [2.45, 2.75) is 59.3 Å². The molecule has 4 rings (SSSR count). The van der Waals surface area contributed by atoms with E-state index in [4.69, 9.17) is 5.10 Å². The van der Waals surface area contributed by atoms with Gasteiger partial charge in [-0.25, -0.2) is 0 Å². The molecule has 0 saturated carbocycles. The number of allylic oxidation sites excluding steroid dienone is 3. The number of piperidine rings is 1. The van der Waals surface area contributed by atoms with Crippen molar-refractivity contribution in [3.63, 3.8) is 0 Å². The third kappa shape index (κ3) is 7.20. The van der Waals surface area contributed by atoms with Gasteiger partial charge < -0.3 is 4.90 Å². The number of hydrogen-bond donors (Lipinski definition) is 0. The highest BCUT2D eigenvalue weighted by Crippen LogP contribution is 2.32. The minimum atomic E-state index is 0.507. The van der Waals surface area contributed by atoms with Crippen molar-refractivity contribution >= 4 is 0 Å². The summed E-state index contributed by atoms with van der Waals surface area (Å²) in [6, 6.07) is 21.9. The van der Waals surface area contributed by atoms with E-state index >= 15 is 0 Å². The molecule has 2 heterocycles. The standard InChI is InChI=1S/C30H38N4.C2H6/c1-5-6-10-19-32(4)34-30(22-29(31-34)27-15-13-24(2)14-16-27)28-17-20-33(21-18-28)23-25(3)26-11-8-7-9-12-26;1-2/h5-16,19,22,25,28H,17-18,20-21,23H2,1-4H3;1-2H3/b6-5-,19-10-;. The minimum absolute atomic E-state index is 0.507. The zero-order valence-corrected chi connectivity index (χ0v) is 23.1. The van der Waals surface area contributed by atoms with Crippen LogP contribution in [0.25, 0.3) is 11.3 Å². The van der Waals surface area contributed by atoms with Gasteiger partial charge in [0.2, 0.25) is 0 Å². The first kappa shape index (κ1) is 27.5. The van der Waals surface area contributed by atoms with Crippen molar-refractivity contribution in [2.24, 2.45) is 0 Å². The van der Waals surface area contributed by atoms with Crippen molar-refractivity contribution in [3.05, 3.63) is 102 Å². The maximum atomic E-state index is 5.02. The third-order valence-corrected chi connectivity index (χ3v) is 6.88. The van der Waals surface area contributed by atoms with Gasteiger partial charge in [-0.2, -0.15) is 9.89 Å². The van der Waals surface area contributed by atoms with E-state index in [1.807, 2.05) is 32.9 Å². The topological polar surface area (TPSA) is 24.3 Å². The SMILES string of the molecule is C/C=C\C=C/N(C)n1nc(-c2ccc(C)cc2)cc1C1CCN(CC(C)c2ccccc2)CC1.CC. The Morgan fingerprint density at radius 2 is 1.67 bits per heavy atom. The van der Waals surface area contributed by atoms with Crippen LogP contribution in [0.4, 0.5) is 0 Å². The van der Waals surface area contributed by atoms with Crippen LogP contribution < -0.4 is 5.01 Å². The van der Waals surface area contributed by atoms with Crippen molar-refractivity contribution in [3.8, 4) is 11.3 Å². The maximum Gasteiger partial charge on any atom is 0.0947 e. The summed E-state index contributed by atoms with van der Waals surface area (Å²) in [4.78, 5) is 4.73. The van der Waals surface area contributed by atoms with Crippen molar-refractivity contribution in [1.82, 2.24) is 14.8 Å². The Labute approximate surface area is 218 Å². The lowest BCUT2D eigenvalue weighted by molar-refractivity contribution is 0.200. The van der Waals surface area contributed by atoms with E-state index in [1.54, 1.807) is 0 Å². The fourth-order valence-corrected chi connectivity index (χ4v) is 4.82. The molecule has 0 N–H and O–H groups in total. The van der Waals surface area contributed by atoms with E-state index in [2.05, 4.69) is 109 Å². The van der Waals surface area contributed by atoms with E-state index in [1.165, 1.54) is 22.4 Å². The molecule has 0 radical (unpaired) electrons. The zero-order chi connectivity index (χ0) is 25.9. The summed E-state index contributed by atoms with van der Waals surface area (Å²) >= 11 is 0. The van der Waals surface area contributed by atoms with Gasteiger partial charge in [0, 0.05) is 31.3 Å². The summed E-state index contributed by atoms with van der Waals surface area (Å²) < 4.78 is 0. The quantitative estimate of drug-likeness (QED) is 0.309. The average molecular weight is 485 g/mol. The first-order valence-electron chi connectivity index (χ1n) is 13.5. The van der Waals surface area contributed by atoms with Crippen LogP contribution in [-0.4, -0.2) is 41.5 Å². The molecular formula is C32H44N4. The summed E-state index contributed by atoms with van der Waals surface area (Å²) in [6.07, 6.45) is 10.5. The van der Waals surface area contributed by atoms with E-state index in [0.717, 1.165) is 38.2 Å². The molecule has 3 aromatic rings. The predicted octanol–water partition coefficient (Wildman–Crippen LogP) is 7.53. The van der Waals surface area contributed by atoms with Gasteiger partial charge in [0.1, 0.15) is 0 Å².